The fourth-order valence-electron chi connectivity index (χ4n) is 2.08. The molecule has 0 bridgehead atoms. The second-order valence-electron chi connectivity index (χ2n) is 4.38. The van der Waals surface area contributed by atoms with E-state index in [-0.39, 0.29) is 5.82 Å². The minimum atomic E-state index is -0.659. The van der Waals surface area contributed by atoms with Gasteiger partial charge in [-0.15, -0.1) is 0 Å². The Balaban J connectivity index is 2.18. The maximum absolute atomic E-state index is 13.1. The Morgan fingerprint density at radius 1 is 1.39 bits per heavy atom. The molecule has 1 atom stereocenters. The molecule has 0 spiro atoms. The SMILES string of the molecule is CCn1nc(C)cc1C(O)Cc1cccc(F)c1. The topological polar surface area (TPSA) is 38.0 Å². The Kier molecular flexibility index (Phi) is 3.77. The van der Waals surface area contributed by atoms with Crippen LogP contribution in [0.4, 0.5) is 4.39 Å². The van der Waals surface area contributed by atoms with Crippen LogP contribution in [0, 0.1) is 12.7 Å². The first kappa shape index (κ1) is 12.8. The standard InChI is InChI=1S/C14H17FN2O/c1-3-17-13(7-10(2)16-17)14(18)9-11-5-4-6-12(15)8-11/h4-8,14,18H,3,9H2,1-2H3. The molecule has 0 radical (unpaired) electrons. The highest BCUT2D eigenvalue weighted by atomic mass is 19.1. The summed E-state index contributed by atoms with van der Waals surface area (Å²) in [5.41, 5.74) is 2.44. The molecule has 1 aromatic carbocycles. The van der Waals surface area contributed by atoms with Crippen molar-refractivity contribution in [2.24, 2.45) is 0 Å². The lowest BCUT2D eigenvalue weighted by Crippen LogP contribution is -2.10. The molecule has 0 aliphatic rings. The maximum atomic E-state index is 13.1. The molecule has 0 fully saturated rings. The van der Waals surface area contributed by atoms with Gasteiger partial charge in [-0.1, -0.05) is 12.1 Å². The van der Waals surface area contributed by atoms with E-state index >= 15 is 0 Å². The average molecular weight is 248 g/mol. The minimum Gasteiger partial charge on any atom is -0.386 e. The number of halogens is 1. The van der Waals surface area contributed by atoms with Gasteiger partial charge in [0.2, 0.25) is 0 Å². The number of aliphatic hydroxyl groups is 1. The molecule has 3 nitrogen and oxygen atoms in total. The zero-order valence-electron chi connectivity index (χ0n) is 10.6. The third-order valence-electron chi connectivity index (χ3n) is 2.89. The van der Waals surface area contributed by atoms with Crippen molar-refractivity contribution < 1.29 is 9.50 Å². The van der Waals surface area contributed by atoms with Crippen LogP contribution in [0.15, 0.2) is 30.3 Å². The van der Waals surface area contributed by atoms with Gasteiger partial charge in [-0.25, -0.2) is 4.39 Å². The molecule has 2 rings (SSSR count). The van der Waals surface area contributed by atoms with Crippen molar-refractivity contribution >= 4 is 0 Å². The van der Waals surface area contributed by atoms with Crippen molar-refractivity contribution in [2.45, 2.75) is 32.9 Å². The van der Waals surface area contributed by atoms with Crippen LogP contribution in [0.25, 0.3) is 0 Å². The average Bonchev–Trinajstić information content (AvgIpc) is 2.70. The van der Waals surface area contributed by atoms with Gasteiger partial charge in [0.1, 0.15) is 5.82 Å². The molecule has 96 valence electrons. The van der Waals surface area contributed by atoms with Crippen LogP contribution in [-0.4, -0.2) is 14.9 Å². The predicted octanol–water partition coefficient (Wildman–Crippen LogP) is 2.63. The second-order valence-corrected chi connectivity index (χ2v) is 4.38. The first-order valence-electron chi connectivity index (χ1n) is 6.07. The number of aliphatic hydroxyl groups excluding tert-OH is 1. The molecule has 18 heavy (non-hydrogen) atoms. The molecular weight excluding hydrogens is 231 g/mol. The van der Waals surface area contributed by atoms with E-state index in [0.717, 1.165) is 17.0 Å². The van der Waals surface area contributed by atoms with E-state index in [9.17, 15) is 9.50 Å². The highest BCUT2D eigenvalue weighted by molar-refractivity contribution is 5.20. The monoisotopic (exact) mass is 248 g/mol. The summed E-state index contributed by atoms with van der Waals surface area (Å²) in [4.78, 5) is 0. The van der Waals surface area contributed by atoms with Gasteiger partial charge < -0.3 is 5.11 Å². The summed E-state index contributed by atoms with van der Waals surface area (Å²) in [7, 11) is 0. The van der Waals surface area contributed by atoms with Crippen LogP contribution in [0.3, 0.4) is 0 Å². The third-order valence-corrected chi connectivity index (χ3v) is 2.89. The number of aryl methyl sites for hydroxylation is 2. The Bertz CT molecular complexity index is 536. The van der Waals surface area contributed by atoms with Gasteiger partial charge in [-0.2, -0.15) is 5.10 Å². The number of nitrogens with zero attached hydrogens (tertiary/aromatic N) is 2. The number of rotatable bonds is 4. The van der Waals surface area contributed by atoms with Crippen LogP contribution in [0.1, 0.15) is 30.0 Å². The Morgan fingerprint density at radius 2 is 2.17 bits per heavy atom. The lowest BCUT2D eigenvalue weighted by atomic mass is 10.1. The van der Waals surface area contributed by atoms with Gasteiger partial charge >= 0.3 is 0 Å². The van der Waals surface area contributed by atoms with Gasteiger partial charge in [-0.3, -0.25) is 4.68 Å². The van der Waals surface area contributed by atoms with E-state index in [2.05, 4.69) is 5.10 Å². The Morgan fingerprint density at radius 3 is 2.83 bits per heavy atom. The van der Waals surface area contributed by atoms with Crippen LogP contribution in [-0.2, 0) is 13.0 Å². The van der Waals surface area contributed by atoms with E-state index in [1.165, 1.54) is 12.1 Å². The van der Waals surface area contributed by atoms with Crippen LogP contribution in [0.5, 0.6) is 0 Å². The predicted molar refractivity (Wildman–Crippen MR) is 67.7 cm³/mol. The van der Waals surface area contributed by atoms with Crippen molar-refractivity contribution in [3.05, 3.63) is 53.1 Å². The summed E-state index contributed by atoms with van der Waals surface area (Å²) in [5.74, 6) is -0.278. The molecule has 0 aliphatic heterocycles. The summed E-state index contributed by atoms with van der Waals surface area (Å²) in [6.45, 7) is 4.58. The van der Waals surface area contributed by atoms with Crippen molar-refractivity contribution in [1.82, 2.24) is 9.78 Å². The fraction of sp³-hybridized carbons (Fsp3) is 0.357. The smallest absolute Gasteiger partial charge is 0.123 e. The Hall–Kier alpha value is -1.68. The van der Waals surface area contributed by atoms with Crippen molar-refractivity contribution in [3.63, 3.8) is 0 Å². The molecule has 2 aromatic rings. The molecule has 0 saturated carbocycles. The van der Waals surface area contributed by atoms with Gasteiger partial charge in [-0.05, 0) is 37.6 Å². The largest absolute Gasteiger partial charge is 0.386 e. The summed E-state index contributed by atoms with van der Waals surface area (Å²) in [5, 5.41) is 14.5. The third kappa shape index (κ3) is 2.76. The number of hydrogen-bond acceptors (Lipinski definition) is 2. The van der Waals surface area contributed by atoms with E-state index in [0.29, 0.717) is 13.0 Å². The van der Waals surface area contributed by atoms with Crippen molar-refractivity contribution in [3.8, 4) is 0 Å². The zero-order chi connectivity index (χ0) is 13.1. The quantitative estimate of drug-likeness (QED) is 0.903. The molecule has 1 aromatic heterocycles. The lowest BCUT2D eigenvalue weighted by Gasteiger charge is -2.12. The van der Waals surface area contributed by atoms with E-state index in [1.54, 1.807) is 10.7 Å². The maximum Gasteiger partial charge on any atom is 0.123 e. The lowest BCUT2D eigenvalue weighted by molar-refractivity contribution is 0.167. The molecular formula is C14H17FN2O. The molecule has 0 saturated heterocycles. The first-order valence-corrected chi connectivity index (χ1v) is 6.07. The van der Waals surface area contributed by atoms with E-state index in [4.69, 9.17) is 0 Å². The summed E-state index contributed by atoms with van der Waals surface area (Å²) < 4.78 is 14.8. The van der Waals surface area contributed by atoms with Crippen molar-refractivity contribution in [2.75, 3.05) is 0 Å². The van der Waals surface area contributed by atoms with Crippen LogP contribution >= 0.6 is 0 Å². The molecule has 0 amide bonds. The molecule has 4 heteroatoms. The van der Waals surface area contributed by atoms with Crippen LogP contribution in [0.2, 0.25) is 0 Å². The summed E-state index contributed by atoms with van der Waals surface area (Å²) in [6, 6.07) is 8.18. The minimum absolute atomic E-state index is 0.278. The normalized spacial score (nSPS) is 12.7. The summed E-state index contributed by atoms with van der Waals surface area (Å²) in [6.07, 6.45) is -0.268. The molecule has 0 aliphatic carbocycles. The molecule has 1 N–H and O–H groups in total. The van der Waals surface area contributed by atoms with Gasteiger partial charge in [0.15, 0.2) is 0 Å². The summed E-state index contributed by atoms with van der Waals surface area (Å²) >= 11 is 0. The van der Waals surface area contributed by atoms with Crippen LogP contribution < -0.4 is 0 Å². The van der Waals surface area contributed by atoms with E-state index < -0.39 is 6.10 Å². The molecule has 1 heterocycles. The number of benzene rings is 1. The van der Waals surface area contributed by atoms with Crippen molar-refractivity contribution in [1.29, 1.82) is 0 Å². The van der Waals surface area contributed by atoms with E-state index in [1.807, 2.05) is 26.0 Å². The molecule has 1 unspecified atom stereocenters. The fourth-order valence-corrected chi connectivity index (χ4v) is 2.08. The number of hydrogen-bond donors (Lipinski definition) is 1. The second kappa shape index (κ2) is 5.31. The Labute approximate surface area is 106 Å². The number of aromatic nitrogens is 2. The highest BCUT2D eigenvalue weighted by Gasteiger charge is 2.14. The zero-order valence-corrected chi connectivity index (χ0v) is 10.6. The van der Waals surface area contributed by atoms with Gasteiger partial charge in [0.25, 0.3) is 0 Å². The van der Waals surface area contributed by atoms with Gasteiger partial charge in [0, 0.05) is 13.0 Å². The highest BCUT2D eigenvalue weighted by Crippen LogP contribution is 2.19. The van der Waals surface area contributed by atoms with Gasteiger partial charge in [0.05, 0.1) is 17.5 Å². The first-order chi connectivity index (χ1) is 8.60.